The SMILES string of the molecule is Cn1c2ccccc2c2ccc(N(c3ccc4c(c3)sc3ccccc34)c3cc4c(c5ccccc35)-c3ccc(N(c5ccc6c7ccccc7n(C)c6c5)C5C=c6sc7ccccc7c6=CC5)cc3C4(C)C)cc21. The molecule has 0 bridgehead atoms. The van der Waals surface area contributed by atoms with Gasteiger partial charge in [-0.2, -0.15) is 0 Å². The summed E-state index contributed by atoms with van der Waals surface area (Å²) < 4.78 is 10.0. The first-order valence-corrected chi connectivity index (χ1v) is 27.8. The second-order valence-corrected chi connectivity index (χ2v) is 23.5. The van der Waals surface area contributed by atoms with Crippen LogP contribution in [0.4, 0.5) is 28.4 Å². The molecule has 4 heterocycles. The number of aryl methyl sites for hydroxylation is 2. The number of hydrogen-bond acceptors (Lipinski definition) is 4. The molecule has 358 valence electrons. The largest absolute Gasteiger partial charge is 0.344 e. The van der Waals surface area contributed by atoms with Crippen molar-refractivity contribution < 1.29 is 0 Å². The van der Waals surface area contributed by atoms with Crippen LogP contribution in [0.25, 0.3) is 108 Å². The molecular weight excluding hydrogens is 949 g/mol. The molecule has 4 aromatic heterocycles. The minimum Gasteiger partial charge on any atom is -0.344 e. The van der Waals surface area contributed by atoms with E-state index in [1.54, 1.807) is 0 Å². The molecule has 75 heavy (non-hydrogen) atoms. The van der Waals surface area contributed by atoms with Crippen LogP contribution in [0.1, 0.15) is 31.4 Å². The molecule has 6 heteroatoms. The van der Waals surface area contributed by atoms with Crippen molar-refractivity contribution >= 4 is 148 Å². The van der Waals surface area contributed by atoms with E-state index < -0.39 is 0 Å². The van der Waals surface area contributed by atoms with Crippen LogP contribution in [0.3, 0.4) is 0 Å². The fourth-order valence-corrected chi connectivity index (χ4v) is 15.7. The van der Waals surface area contributed by atoms with Crippen LogP contribution >= 0.6 is 22.7 Å². The van der Waals surface area contributed by atoms with Gasteiger partial charge < -0.3 is 18.9 Å². The highest BCUT2D eigenvalue weighted by Gasteiger charge is 2.39. The first-order chi connectivity index (χ1) is 36.8. The molecule has 0 saturated heterocycles. The van der Waals surface area contributed by atoms with Crippen molar-refractivity contribution in [1.29, 1.82) is 0 Å². The summed E-state index contributed by atoms with van der Waals surface area (Å²) >= 11 is 3.79. The standard InChI is InChI=1S/C69H50N4S2/c1-69(2)57-35-41(72(44-27-32-53-51-18-9-13-23-64(51)74-66(53)38-44)42-25-30-49-46-15-7-11-21-59(46)70(3)61(49)36-42)29-34-56(57)68-55-20-6-5-17-48(55)63(40-58(68)69)73(45-28-33-54-52-19-10-14-24-65(52)75-67(54)39-45)43-26-31-50-47-16-8-12-22-60(47)71(4)62(50)37-43/h5-26,28-40,44H,27H2,1-4H3. The van der Waals surface area contributed by atoms with E-state index in [0.717, 1.165) is 17.8 Å². The van der Waals surface area contributed by atoms with Gasteiger partial charge in [0, 0.05) is 110 Å². The molecule has 0 amide bonds. The Bertz CT molecular complexity index is 4910. The Morgan fingerprint density at radius 1 is 0.440 bits per heavy atom. The molecule has 4 nitrogen and oxygen atoms in total. The van der Waals surface area contributed by atoms with E-state index >= 15 is 0 Å². The van der Waals surface area contributed by atoms with E-state index in [2.05, 4.69) is 259 Å². The highest BCUT2D eigenvalue weighted by atomic mass is 32.1. The summed E-state index contributed by atoms with van der Waals surface area (Å²) in [5.74, 6) is 0. The molecule has 1 unspecified atom stereocenters. The van der Waals surface area contributed by atoms with Crippen molar-refractivity contribution in [1.82, 2.24) is 9.13 Å². The van der Waals surface area contributed by atoms with Gasteiger partial charge in [-0.1, -0.05) is 141 Å². The quantitative estimate of drug-likeness (QED) is 0.165. The molecule has 14 aromatic rings. The molecule has 0 N–H and O–H groups in total. The summed E-state index contributed by atoms with van der Waals surface area (Å²) in [6.07, 6.45) is 5.94. The number of thiophene rings is 2. The molecule has 0 fully saturated rings. The minimum absolute atomic E-state index is 0.112. The van der Waals surface area contributed by atoms with E-state index in [0.29, 0.717) is 0 Å². The summed E-state index contributed by atoms with van der Waals surface area (Å²) in [5, 5.41) is 13.0. The summed E-state index contributed by atoms with van der Waals surface area (Å²) in [5.41, 5.74) is 15.8. The molecule has 0 saturated carbocycles. The third-order valence-electron chi connectivity index (χ3n) is 17.0. The van der Waals surface area contributed by atoms with Gasteiger partial charge in [-0.15, -0.1) is 22.7 Å². The first-order valence-electron chi connectivity index (χ1n) is 26.1. The van der Waals surface area contributed by atoms with E-state index in [9.17, 15) is 0 Å². The smallest absolute Gasteiger partial charge is 0.0573 e. The van der Waals surface area contributed by atoms with Crippen molar-refractivity contribution in [3.05, 3.63) is 221 Å². The lowest BCUT2D eigenvalue weighted by atomic mass is 9.81. The van der Waals surface area contributed by atoms with Crippen LogP contribution in [-0.2, 0) is 19.5 Å². The molecule has 0 aliphatic heterocycles. The average molecular weight is 999 g/mol. The topological polar surface area (TPSA) is 16.3 Å². The lowest BCUT2D eigenvalue weighted by Gasteiger charge is -2.34. The highest BCUT2D eigenvalue weighted by Crippen LogP contribution is 2.56. The Morgan fingerprint density at radius 2 is 0.960 bits per heavy atom. The molecule has 2 aliphatic rings. The molecule has 16 rings (SSSR count). The second-order valence-electron chi connectivity index (χ2n) is 21.3. The van der Waals surface area contributed by atoms with Gasteiger partial charge in [0.05, 0.1) is 22.8 Å². The predicted octanol–water partition coefficient (Wildman–Crippen LogP) is 17.7. The van der Waals surface area contributed by atoms with E-state index in [1.807, 2.05) is 22.7 Å². The van der Waals surface area contributed by atoms with E-state index in [-0.39, 0.29) is 11.5 Å². The van der Waals surface area contributed by atoms with Crippen molar-refractivity contribution in [2.75, 3.05) is 9.80 Å². The Morgan fingerprint density at radius 3 is 1.68 bits per heavy atom. The van der Waals surface area contributed by atoms with Gasteiger partial charge in [-0.05, 0) is 130 Å². The summed E-state index contributed by atoms with van der Waals surface area (Å²) in [4.78, 5) is 5.16. The van der Waals surface area contributed by atoms with Gasteiger partial charge in [-0.3, -0.25) is 0 Å². The average Bonchev–Trinajstić information content (AvgIpc) is 4.23. The molecule has 1 atom stereocenters. The molecule has 0 spiro atoms. The number of rotatable bonds is 6. The molecule has 0 radical (unpaired) electrons. The lowest BCUT2D eigenvalue weighted by Crippen LogP contribution is -2.36. The number of benzene rings is 10. The number of aromatic nitrogens is 2. The van der Waals surface area contributed by atoms with Crippen molar-refractivity contribution in [3.8, 4) is 11.1 Å². The maximum Gasteiger partial charge on any atom is 0.0573 e. The number of para-hydroxylation sites is 2. The summed E-state index contributed by atoms with van der Waals surface area (Å²) in [6.45, 7) is 4.90. The highest BCUT2D eigenvalue weighted by molar-refractivity contribution is 7.25. The van der Waals surface area contributed by atoms with Crippen LogP contribution in [0.2, 0.25) is 0 Å². The van der Waals surface area contributed by atoms with Gasteiger partial charge in [0.2, 0.25) is 0 Å². The Hall–Kier alpha value is -8.42. The third kappa shape index (κ3) is 6.15. The van der Waals surface area contributed by atoms with Crippen molar-refractivity contribution in [2.24, 2.45) is 14.1 Å². The Kier molecular flexibility index (Phi) is 9.06. The number of anilines is 5. The zero-order valence-corrected chi connectivity index (χ0v) is 43.7. The van der Waals surface area contributed by atoms with Crippen LogP contribution in [-0.4, -0.2) is 15.2 Å². The zero-order valence-electron chi connectivity index (χ0n) is 42.1. The number of nitrogens with zero attached hydrogens (tertiary/aromatic N) is 4. The normalized spacial score (nSPS) is 14.8. The van der Waals surface area contributed by atoms with Gasteiger partial charge in [-0.25, -0.2) is 0 Å². The molecular formula is C69H50N4S2. The van der Waals surface area contributed by atoms with Crippen LogP contribution < -0.4 is 19.6 Å². The third-order valence-corrected chi connectivity index (χ3v) is 19.3. The monoisotopic (exact) mass is 998 g/mol. The minimum atomic E-state index is -0.327. The molecule has 10 aromatic carbocycles. The maximum atomic E-state index is 2.62. The summed E-state index contributed by atoms with van der Waals surface area (Å²) in [7, 11) is 4.41. The Balaban J connectivity index is 0.893. The van der Waals surface area contributed by atoms with Crippen LogP contribution in [0.5, 0.6) is 0 Å². The predicted molar refractivity (Wildman–Crippen MR) is 324 cm³/mol. The Labute approximate surface area is 442 Å². The first kappa shape index (κ1) is 43.0. The van der Waals surface area contributed by atoms with Crippen LogP contribution in [0, 0.1) is 0 Å². The van der Waals surface area contributed by atoms with Crippen molar-refractivity contribution in [2.45, 2.75) is 31.7 Å². The molecule has 2 aliphatic carbocycles. The number of hydrogen-bond donors (Lipinski definition) is 0. The fraction of sp³-hybridized carbons (Fsp3) is 0.101. The van der Waals surface area contributed by atoms with Gasteiger partial charge >= 0.3 is 0 Å². The van der Waals surface area contributed by atoms with E-state index in [4.69, 9.17) is 0 Å². The van der Waals surface area contributed by atoms with E-state index in [1.165, 1.54) is 134 Å². The van der Waals surface area contributed by atoms with Gasteiger partial charge in [0.15, 0.2) is 0 Å². The summed E-state index contributed by atoms with van der Waals surface area (Å²) in [6, 6.07) is 75.7. The lowest BCUT2D eigenvalue weighted by molar-refractivity contribution is 0.660. The van der Waals surface area contributed by atoms with Crippen LogP contribution in [0.15, 0.2) is 200 Å². The van der Waals surface area contributed by atoms with Gasteiger partial charge in [0.25, 0.3) is 0 Å². The second kappa shape index (κ2) is 15.8. The number of fused-ring (bicyclic) bond motifs is 17. The van der Waals surface area contributed by atoms with Gasteiger partial charge in [0.1, 0.15) is 0 Å². The zero-order chi connectivity index (χ0) is 49.8. The fourth-order valence-electron chi connectivity index (χ4n) is 13.4. The maximum absolute atomic E-state index is 2.62. The van der Waals surface area contributed by atoms with Crippen molar-refractivity contribution in [3.63, 3.8) is 0 Å².